The number of carbonyl (C=O) groups is 2. The van der Waals surface area contributed by atoms with Gasteiger partial charge in [0.25, 0.3) is 5.91 Å². The first-order chi connectivity index (χ1) is 12.3. The molecule has 9 heteroatoms. The van der Waals surface area contributed by atoms with Gasteiger partial charge < -0.3 is 10.4 Å². The number of sulfonamides is 1. The normalized spacial score (nSPS) is 20.7. The zero-order valence-electron chi connectivity index (χ0n) is 13.9. The van der Waals surface area contributed by atoms with Gasteiger partial charge in [0.2, 0.25) is 10.0 Å². The lowest BCUT2D eigenvalue weighted by molar-refractivity contribution is -0.142. The molecule has 1 aromatic heterocycles. The second-order valence-electron chi connectivity index (χ2n) is 6.42. The molecule has 4 N–H and O–H groups in total. The summed E-state index contributed by atoms with van der Waals surface area (Å²) in [6.45, 7) is 0. The fourth-order valence-electron chi connectivity index (χ4n) is 3.35. The van der Waals surface area contributed by atoms with Gasteiger partial charge in [0.15, 0.2) is 0 Å². The third-order valence-electron chi connectivity index (χ3n) is 4.70. The van der Waals surface area contributed by atoms with Crippen molar-refractivity contribution < 1.29 is 23.1 Å². The Morgan fingerprint density at radius 2 is 1.81 bits per heavy atom. The number of hydrogen-bond acceptors (Lipinski definition) is 5. The van der Waals surface area contributed by atoms with Crippen LogP contribution in [-0.2, 0) is 14.8 Å². The Morgan fingerprint density at radius 1 is 1.12 bits per heavy atom. The number of pyridine rings is 1. The molecule has 1 fully saturated rings. The van der Waals surface area contributed by atoms with Crippen molar-refractivity contribution in [3.63, 3.8) is 0 Å². The third kappa shape index (κ3) is 3.68. The predicted octanol–water partition coefficient (Wildman–Crippen LogP) is 1.26. The Morgan fingerprint density at radius 3 is 2.42 bits per heavy atom. The van der Waals surface area contributed by atoms with E-state index in [0.717, 1.165) is 0 Å². The average molecular weight is 377 g/mol. The van der Waals surface area contributed by atoms with Gasteiger partial charge >= 0.3 is 5.97 Å². The van der Waals surface area contributed by atoms with Crippen molar-refractivity contribution >= 4 is 32.7 Å². The van der Waals surface area contributed by atoms with Gasteiger partial charge in [-0.15, -0.1) is 0 Å². The van der Waals surface area contributed by atoms with Crippen LogP contribution in [0.1, 0.15) is 36.2 Å². The summed E-state index contributed by atoms with van der Waals surface area (Å²) in [6, 6.07) is 5.89. The number of fused-ring (bicyclic) bond motifs is 1. The molecule has 1 aliphatic carbocycles. The highest BCUT2D eigenvalue weighted by Gasteiger charge is 2.27. The number of amides is 1. The first-order valence-corrected chi connectivity index (χ1v) is 9.76. The summed E-state index contributed by atoms with van der Waals surface area (Å²) in [5, 5.41) is 17.9. The number of nitrogens with one attached hydrogen (secondary N) is 1. The summed E-state index contributed by atoms with van der Waals surface area (Å²) >= 11 is 0. The molecule has 26 heavy (non-hydrogen) atoms. The molecular formula is C17H19N3O5S. The van der Waals surface area contributed by atoms with Crippen LogP contribution >= 0.6 is 0 Å². The third-order valence-corrected chi connectivity index (χ3v) is 5.67. The fraction of sp³-hybridized carbons (Fsp3) is 0.353. The standard InChI is InChI=1S/C17H19N3O5S/c18-26(24,25)14-3-1-2-13-12(14)8-9-19-15(13)16(21)20-11-6-4-10(5-7-11)17(22)23/h1-3,8-11H,4-7H2,(H,20,21)(H,22,23)(H2,18,24,25). The topological polar surface area (TPSA) is 139 Å². The SMILES string of the molecule is NS(=O)(=O)c1cccc2c(C(=O)NC3CCC(C(=O)O)CC3)nccc12. The number of hydrogen-bond donors (Lipinski definition) is 3. The monoisotopic (exact) mass is 377 g/mol. The average Bonchev–Trinajstić information content (AvgIpc) is 2.60. The second kappa shape index (κ2) is 7.00. The van der Waals surface area contributed by atoms with Crippen LogP contribution in [0.3, 0.4) is 0 Å². The number of primary sulfonamides is 1. The summed E-state index contributed by atoms with van der Waals surface area (Å²) in [5.41, 5.74) is 0.119. The van der Waals surface area contributed by atoms with Gasteiger partial charge in [-0.2, -0.15) is 0 Å². The van der Waals surface area contributed by atoms with Crippen LogP contribution in [0.4, 0.5) is 0 Å². The van der Waals surface area contributed by atoms with E-state index < -0.39 is 21.9 Å². The van der Waals surface area contributed by atoms with Crippen LogP contribution in [-0.4, -0.2) is 36.4 Å². The lowest BCUT2D eigenvalue weighted by Crippen LogP contribution is -2.39. The van der Waals surface area contributed by atoms with E-state index in [1.54, 1.807) is 6.07 Å². The molecule has 8 nitrogen and oxygen atoms in total. The largest absolute Gasteiger partial charge is 0.481 e. The van der Waals surface area contributed by atoms with Gasteiger partial charge in [-0.3, -0.25) is 14.6 Å². The Hall–Kier alpha value is -2.52. The lowest BCUT2D eigenvalue weighted by Gasteiger charge is -2.26. The Labute approximate surface area is 150 Å². The molecule has 3 rings (SSSR count). The molecule has 0 spiro atoms. The fourth-order valence-corrected chi connectivity index (χ4v) is 4.10. The molecular weight excluding hydrogens is 358 g/mol. The molecule has 1 heterocycles. The number of nitrogens with zero attached hydrogens (tertiary/aromatic N) is 1. The summed E-state index contributed by atoms with van der Waals surface area (Å²) in [7, 11) is -3.93. The molecule has 138 valence electrons. The van der Waals surface area contributed by atoms with Crippen LogP contribution < -0.4 is 10.5 Å². The minimum Gasteiger partial charge on any atom is -0.481 e. The van der Waals surface area contributed by atoms with E-state index in [0.29, 0.717) is 36.5 Å². The predicted molar refractivity (Wildman–Crippen MR) is 94.0 cm³/mol. The maximum absolute atomic E-state index is 12.6. The van der Waals surface area contributed by atoms with Crippen molar-refractivity contribution in [2.45, 2.75) is 36.6 Å². The lowest BCUT2D eigenvalue weighted by atomic mass is 9.86. The molecule has 2 aromatic rings. The second-order valence-corrected chi connectivity index (χ2v) is 7.95. The molecule has 0 atom stereocenters. The zero-order valence-corrected chi connectivity index (χ0v) is 14.7. The number of aromatic nitrogens is 1. The number of carboxylic acids is 1. The zero-order chi connectivity index (χ0) is 18.9. The molecule has 0 bridgehead atoms. The minimum absolute atomic E-state index is 0.0617. The molecule has 1 amide bonds. The van der Waals surface area contributed by atoms with Crippen molar-refractivity contribution in [3.8, 4) is 0 Å². The Bertz CT molecular complexity index is 966. The van der Waals surface area contributed by atoms with Gasteiger partial charge in [-0.05, 0) is 37.8 Å². The number of rotatable bonds is 4. The molecule has 1 saturated carbocycles. The molecule has 0 saturated heterocycles. The summed E-state index contributed by atoms with van der Waals surface area (Å²) in [5.74, 6) is -1.59. The smallest absolute Gasteiger partial charge is 0.306 e. The quantitative estimate of drug-likeness (QED) is 0.733. The number of carbonyl (C=O) groups excluding carboxylic acids is 1. The molecule has 0 radical (unpaired) electrons. The van der Waals surface area contributed by atoms with Crippen molar-refractivity contribution in [2.75, 3.05) is 0 Å². The van der Waals surface area contributed by atoms with E-state index in [1.807, 2.05) is 0 Å². The van der Waals surface area contributed by atoms with Gasteiger partial charge in [-0.25, -0.2) is 13.6 Å². The highest BCUT2D eigenvalue weighted by Crippen LogP contribution is 2.26. The number of carboxylic acid groups (broad SMARTS) is 1. The Balaban J connectivity index is 1.85. The van der Waals surface area contributed by atoms with E-state index >= 15 is 0 Å². The van der Waals surface area contributed by atoms with E-state index in [2.05, 4.69) is 10.3 Å². The summed E-state index contributed by atoms with van der Waals surface area (Å²) < 4.78 is 23.5. The number of benzene rings is 1. The number of aliphatic carboxylic acids is 1. The molecule has 0 unspecified atom stereocenters. The molecule has 1 aliphatic rings. The maximum Gasteiger partial charge on any atom is 0.306 e. The van der Waals surface area contributed by atoms with Crippen molar-refractivity contribution in [1.82, 2.24) is 10.3 Å². The van der Waals surface area contributed by atoms with Crippen LogP contribution in [0, 0.1) is 5.92 Å². The van der Waals surface area contributed by atoms with E-state index in [-0.39, 0.29) is 22.5 Å². The molecule has 1 aromatic carbocycles. The van der Waals surface area contributed by atoms with Crippen LogP contribution in [0.25, 0.3) is 10.8 Å². The van der Waals surface area contributed by atoms with Crippen molar-refractivity contribution in [2.24, 2.45) is 11.1 Å². The van der Waals surface area contributed by atoms with E-state index in [4.69, 9.17) is 10.2 Å². The van der Waals surface area contributed by atoms with Crippen molar-refractivity contribution in [1.29, 1.82) is 0 Å². The van der Waals surface area contributed by atoms with Gasteiger partial charge in [0.05, 0.1) is 10.8 Å². The highest BCUT2D eigenvalue weighted by atomic mass is 32.2. The maximum atomic E-state index is 12.6. The van der Waals surface area contributed by atoms with Gasteiger partial charge in [-0.1, -0.05) is 12.1 Å². The van der Waals surface area contributed by atoms with Crippen LogP contribution in [0.5, 0.6) is 0 Å². The van der Waals surface area contributed by atoms with E-state index in [1.165, 1.54) is 24.4 Å². The van der Waals surface area contributed by atoms with Crippen molar-refractivity contribution in [3.05, 3.63) is 36.2 Å². The highest BCUT2D eigenvalue weighted by molar-refractivity contribution is 7.89. The number of nitrogens with two attached hydrogens (primary N) is 1. The first kappa shape index (κ1) is 18.3. The summed E-state index contributed by atoms with van der Waals surface area (Å²) in [6.07, 6.45) is 3.55. The Kier molecular flexibility index (Phi) is 4.92. The minimum atomic E-state index is -3.93. The van der Waals surface area contributed by atoms with Gasteiger partial charge in [0.1, 0.15) is 5.69 Å². The van der Waals surface area contributed by atoms with Crippen LogP contribution in [0.15, 0.2) is 35.4 Å². The molecule has 0 aliphatic heterocycles. The van der Waals surface area contributed by atoms with E-state index in [9.17, 15) is 18.0 Å². The summed E-state index contributed by atoms with van der Waals surface area (Å²) in [4.78, 5) is 27.7. The van der Waals surface area contributed by atoms with Gasteiger partial charge in [0, 0.05) is 23.0 Å². The van der Waals surface area contributed by atoms with Crippen LogP contribution in [0.2, 0.25) is 0 Å². The first-order valence-electron chi connectivity index (χ1n) is 8.21.